The van der Waals surface area contributed by atoms with Crippen molar-refractivity contribution in [1.82, 2.24) is 5.32 Å². The first kappa shape index (κ1) is 21.8. The number of anilines is 1. The summed E-state index contributed by atoms with van der Waals surface area (Å²) in [6.07, 6.45) is 1.71. The van der Waals surface area contributed by atoms with Crippen LogP contribution in [0.25, 0.3) is 0 Å². The molecular weight excluding hydrogens is 376 g/mol. The summed E-state index contributed by atoms with van der Waals surface area (Å²) < 4.78 is 0. The molecule has 3 amide bonds. The third-order valence-electron chi connectivity index (χ3n) is 5.69. The van der Waals surface area contributed by atoms with Gasteiger partial charge in [-0.15, -0.1) is 0 Å². The Bertz CT molecular complexity index is 1020. The van der Waals surface area contributed by atoms with E-state index in [9.17, 15) is 14.4 Å². The van der Waals surface area contributed by atoms with Crippen molar-refractivity contribution in [1.29, 1.82) is 0 Å². The summed E-state index contributed by atoms with van der Waals surface area (Å²) in [6.45, 7) is 10.5. The summed E-state index contributed by atoms with van der Waals surface area (Å²) >= 11 is 0. The van der Waals surface area contributed by atoms with Crippen LogP contribution in [0, 0.1) is 0 Å². The number of amides is 3. The standard InChI is InChI=1S/C25H30N2O3/c1-7-8-19-17(14(2)3)11-12-18(15(4)5)22(19)27-24(29)20-10-9-16(23(28)26-6)13-21(20)25(27)30/h9-15H,7-8H2,1-6H3,(H,26,28). The van der Waals surface area contributed by atoms with E-state index >= 15 is 0 Å². The average molecular weight is 407 g/mol. The smallest absolute Gasteiger partial charge is 0.266 e. The van der Waals surface area contributed by atoms with Gasteiger partial charge in [-0.05, 0) is 53.1 Å². The quantitative estimate of drug-likeness (QED) is 0.683. The largest absolute Gasteiger partial charge is 0.355 e. The predicted molar refractivity (Wildman–Crippen MR) is 120 cm³/mol. The minimum Gasteiger partial charge on any atom is -0.355 e. The van der Waals surface area contributed by atoms with Crippen molar-refractivity contribution in [3.05, 3.63) is 63.7 Å². The molecule has 158 valence electrons. The molecule has 0 spiro atoms. The van der Waals surface area contributed by atoms with E-state index in [4.69, 9.17) is 0 Å². The van der Waals surface area contributed by atoms with Crippen molar-refractivity contribution in [2.45, 2.75) is 59.3 Å². The van der Waals surface area contributed by atoms with E-state index < -0.39 is 0 Å². The van der Waals surface area contributed by atoms with Crippen molar-refractivity contribution < 1.29 is 14.4 Å². The zero-order chi connectivity index (χ0) is 22.2. The van der Waals surface area contributed by atoms with Gasteiger partial charge >= 0.3 is 0 Å². The van der Waals surface area contributed by atoms with Crippen LogP contribution in [-0.2, 0) is 6.42 Å². The maximum Gasteiger partial charge on any atom is 0.266 e. The summed E-state index contributed by atoms with van der Waals surface area (Å²) in [6, 6.07) is 8.88. The van der Waals surface area contributed by atoms with Crippen LogP contribution in [0.15, 0.2) is 30.3 Å². The van der Waals surface area contributed by atoms with Gasteiger partial charge in [0.1, 0.15) is 0 Å². The minimum atomic E-state index is -0.360. The summed E-state index contributed by atoms with van der Waals surface area (Å²) in [5.41, 5.74) is 4.95. The second-order valence-corrected chi connectivity index (χ2v) is 8.42. The Hall–Kier alpha value is -2.95. The highest BCUT2D eigenvalue weighted by atomic mass is 16.2. The maximum absolute atomic E-state index is 13.5. The number of imide groups is 1. The Morgan fingerprint density at radius 3 is 2.10 bits per heavy atom. The lowest BCUT2D eigenvalue weighted by Gasteiger charge is -2.27. The fourth-order valence-corrected chi connectivity index (χ4v) is 4.18. The van der Waals surface area contributed by atoms with Crippen LogP contribution >= 0.6 is 0 Å². The lowest BCUT2D eigenvalue weighted by atomic mass is 9.87. The van der Waals surface area contributed by atoms with Crippen molar-refractivity contribution >= 4 is 23.4 Å². The molecular formula is C25H30N2O3. The number of nitrogens with one attached hydrogen (secondary N) is 1. The van der Waals surface area contributed by atoms with Gasteiger partial charge in [-0.1, -0.05) is 53.2 Å². The Labute approximate surface area is 178 Å². The zero-order valence-corrected chi connectivity index (χ0v) is 18.6. The molecule has 5 nitrogen and oxygen atoms in total. The first-order chi connectivity index (χ1) is 14.2. The highest BCUT2D eigenvalue weighted by Gasteiger charge is 2.40. The Balaban J connectivity index is 2.24. The predicted octanol–water partition coefficient (Wildman–Crippen LogP) is 5.05. The van der Waals surface area contributed by atoms with Crippen molar-refractivity contribution in [3.63, 3.8) is 0 Å². The van der Waals surface area contributed by atoms with E-state index in [0.717, 1.165) is 29.7 Å². The fraction of sp³-hybridized carbons (Fsp3) is 0.400. The molecule has 1 N–H and O–H groups in total. The van der Waals surface area contributed by atoms with Crippen molar-refractivity contribution in [3.8, 4) is 0 Å². The molecule has 0 unspecified atom stereocenters. The molecule has 30 heavy (non-hydrogen) atoms. The van der Waals surface area contributed by atoms with Crippen molar-refractivity contribution in [2.24, 2.45) is 0 Å². The molecule has 0 saturated heterocycles. The monoisotopic (exact) mass is 406 g/mol. The SMILES string of the molecule is CCCc1c(C(C)C)ccc(C(C)C)c1N1C(=O)c2ccc(C(=O)NC)cc2C1=O. The topological polar surface area (TPSA) is 66.5 Å². The summed E-state index contributed by atoms with van der Waals surface area (Å²) in [4.78, 5) is 40.2. The van der Waals surface area contributed by atoms with Crippen LogP contribution < -0.4 is 10.2 Å². The maximum atomic E-state index is 13.5. The van der Waals surface area contributed by atoms with Gasteiger partial charge in [-0.25, -0.2) is 4.90 Å². The Morgan fingerprint density at radius 1 is 0.933 bits per heavy atom. The van der Waals surface area contributed by atoms with Gasteiger partial charge in [0.05, 0.1) is 16.8 Å². The lowest BCUT2D eigenvalue weighted by molar-refractivity contribution is 0.0923. The molecule has 0 aliphatic carbocycles. The molecule has 0 radical (unpaired) electrons. The van der Waals surface area contributed by atoms with E-state index in [-0.39, 0.29) is 35.1 Å². The number of nitrogens with zero attached hydrogens (tertiary/aromatic N) is 1. The van der Waals surface area contributed by atoms with Gasteiger partial charge in [0, 0.05) is 12.6 Å². The number of benzene rings is 2. The van der Waals surface area contributed by atoms with Crippen LogP contribution in [-0.4, -0.2) is 24.8 Å². The number of hydrogen-bond acceptors (Lipinski definition) is 3. The van der Waals surface area contributed by atoms with Crippen LogP contribution in [0.2, 0.25) is 0 Å². The third-order valence-corrected chi connectivity index (χ3v) is 5.69. The molecule has 3 rings (SSSR count). The number of hydrogen-bond donors (Lipinski definition) is 1. The normalized spacial score (nSPS) is 13.4. The van der Waals surface area contributed by atoms with E-state index in [1.54, 1.807) is 12.1 Å². The van der Waals surface area contributed by atoms with Gasteiger partial charge < -0.3 is 5.32 Å². The molecule has 2 aromatic rings. The third kappa shape index (κ3) is 3.53. The van der Waals surface area contributed by atoms with Gasteiger partial charge in [-0.2, -0.15) is 0 Å². The van der Waals surface area contributed by atoms with Gasteiger partial charge in [-0.3, -0.25) is 14.4 Å². The second kappa shape index (κ2) is 8.42. The van der Waals surface area contributed by atoms with Gasteiger partial charge in [0.25, 0.3) is 17.7 Å². The Kier molecular flexibility index (Phi) is 6.11. The summed E-state index contributed by atoms with van der Waals surface area (Å²) in [5.74, 6) is -0.531. The molecule has 2 aromatic carbocycles. The number of fused-ring (bicyclic) bond motifs is 1. The lowest BCUT2D eigenvalue weighted by Crippen LogP contribution is -2.32. The molecule has 0 aromatic heterocycles. The molecule has 0 fully saturated rings. The molecule has 5 heteroatoms. The molecule has 0 saturated carbocycles. The first-order valence-corrected chi connectivity index (χ1v) is 10.6. The second-order valence-electron chi connectivity index (χ2n) is 8.42. The van der Waals surface area contributed by atoms with Crippen LogP contribution in [0.4, 0.5) is 5.69 Å². The van der Waals surface area contributed by atoms with Crippen LogP contribution in [0.5, 0.6) is 0 Å². The zero-order valence-electron chi connectivity index (χ0n) is 18.6. The van der Waals surface area contributed by atoms with Crippen LogP contribution in [0.3, 0.4) is 0 Å². The molecule has 1 heterocycles. The average Bonchev–Trinajstić information content (AvgIpc) is 2.96. The molecule has 0 bridgehead atoms. The number of carbonyl (C=O) groups excluding carboxylic acids is 3. The molecule has 0 atom stereocenters. The van der Waals surface area contributed by atoms with Crippen molar-refractivity contribution in [2.75, 3.05) is 11.9 Å². The van der Waals surface area contributed by atoms with Crippen LogP contribution in [0.1, 0.15) is 101 Å². The van der Waals surface area contributed by atoms with Gasteiger partial charge in [0.15, 0.2) is 0 Å². The number of carbonyl (C=O) groups is 3. The van der Waals surface area contributed by atoms with Gasteiger partial charge in [0.2, 0.25) is 0 Å². The molecule has 1 aliphatic heterocycles. The fourth-order valence-electron chi connectivity index (χ4n) is 4.18. The minimum absolute atomic E-state index is 0.155. The first-order valence-electron chi connectivity index (χ1n) is 10.6. The van der Waals surface area contributed by atoms with E-state index in [2.05, 4.69) is 46.0 Å². The highest BCUT2D eigenvalue weighted by Crippen LogP contribution is 2.40. The Morgan fingerprint density at radius 2 is 1.53 bits per heavy atom. The number of rotatable bonds is 6. The molecule has 1 aliphatic rings. The summed E-state index contributed by atoms with van der Waals surface area (Å²) in [5, 5.41) is 2.56. The van der Waals surface area contributed by atoms with E-state index in [0.29, 0.717) is 11.1 Å². The summed E-state index contributed by atoms with van der Waals surface area (Å²) in [7, 11) is 1.54. The van der Waals surface area contributed by atoms with E-state index in [1.807, 2.05) is 6.07 Å². The highest BCUT2D eigenvalue weighted by molar-refractivity contribution is 6.35. The van der Waals surface area contributed by atoms with E-state index in [1.165, 1.54) is 23.6 Å².